The Morgan fingerprint density at radius 1 is 1.41 bits per heavy atom. The fourth-order valence-electron chi connectivity index (χ4n) is 2.67. The maximum atomic E-state index is 12.1. The molecule has 0 radical (unpaired) electrons. The van der Waals surface area contributed by atoms with E-state index in [4.69, 9.17) is 0 Å². The van der Waals surface area contributed by atoms with E-state index in [0.29, 0.717) is 32.5 Å². The first-order valence-corrected chi connectivity index (χ1v) is 9.44. The zero-order valence-electron chi connectivity index (χ0n) is 13.2. The van der Waals surface area contributed by atoms with Crippen LogP contribution in [-0.4, -0.2) is 54.3 Å². The highest BCUT2D eigenvalue weighted by molar-refractivity contribution is 7.88. The van der Waals surface area contributed by atoms with Crippen LogP contribution < -0.4 is 5.32 Å². The third-order valence-electron chi connectivity index (χ3n) is 4.07. The number of hydrogen-bond acceptors (Lipinski definition) is 4. The van der Waals surface area contributed by atoms with E-state index in [1.54, 1.807) is 6.20 Å². The molecular formula is C14H24N4O3S. The Morgan fingerprint density at radius 3 is 2.64 bits per heavy atom. The van der Waals surface area contributed by atoms with Crippen molar-refractivity contribution >= 4 is 15.9 Å². The average molecular weight is 328 g/mol. The molecule has 1 aromatic heterocycles. The van der Waals surface area contributed by atoms with E-state index < -0.39 is 10.0 Å². The zero-order valence-corrected chi connectivity index (χ0v) is 14.0. The zero-order chi connectivity index (χ0) is 16.2. The molecule has 1 aliphatic heterocycles. The molecule has 8 heteroatoms. The molecule has 1 aliphatic rings. The van der Waals surface area contributed by atoms with Crippen molar-refractivity contribution in [2.24, 2.45) is 5.92 Å². The molecule has 1 saturated heterocycles. The van der Waals surface area contributed by atoms with Gasteiger partial charge in [-0.2, -0.15) is 5.10 Å². The van der Waals surface area contributed by atoms with Crippen LogP contribution in [0.2, 0.25) is 0 Å². The second kappa shape index (κ2) is 7.23. The molecule has 0 spiro atoms. The number of hydrogen-bond donors (Lipinski definition) is 1. The van der Waals surface area contributed by atoms with Gasteiger partial charge in [-0.1, -0.05) is 0 Å². The van der Waals surface area contributed by atoms with Gasteiger partial charge in [-0.15, -0.1) is 0 Å². The van der Waals surface area contributed by atoms with Gasteiger partial charge in [0.2, 0.25) is 15.9 Å². The molecule has 1 amide bonds. The lowest BCUT2D eigenvalue weighted by atomic mass is 9.97. The standard InChI is InChI=1S/C14H24N4O3S/c1-12-4-8-16-18(12)9-3-7-15-14(19)13-5-10-17(11-6-13)22(2,20)21/h4,8,13H,3,5-7,9-11H2,1-2H3,(H,15,19). The van der Waals surface area contributed by atoms with E-state index in [9.17, 15) is 13.2 Å². The summed E-state index contributed by atoms with van der Waals surface area (Å²) in [6.07, 6.45) is 5.00. The van der Waals surface area contributed by atoms with Crippen molar-refractivity contribution in [1.82, 2.24) is 19.4 Å². The molecule has 0 bridgehead atoms. The van der Waals surface area contributed by atoms with Crippen LogP contribution in [0.1, 0.15) is 25.0 Å². The SMILES string of the molecule is Cc1ccnn1CCCNC(=O)C1CCN(S(C)(=O)=O)CC1. The lowest BCUT2D eigenvalue weighted by molar-refractivity contribution is -0.126. The molecule has 0 aliphatic carbocycles. The molecule has 1 aromatic rings. The Labute approximate surface area is 131 Å². The molecule has 0 saturated carbocycles. The van der Waals surface area contributed by atoms with Crippen LogP contribution >= 0.6 is 0 Å². The summed E-state index contributed by atoms with van der Waals surface area (Å²) in [5.74, 6) is -0.0465. The summed E-state index contributed by atoms with van der Waals surface area (Å²) in [6.45, 7) is 4.27. The van der Waals surface area contributed by atoms with Crippen molar-refractivity contribution in [1.29, 1.82) is 0 Å². The summed E-state index contributed by atoms with van der Waals surface area (Å²) in [5, 5.41) is 7.14. The van der Waals surface area contributed by atoms with Gasteiger partial charge in [-0.05, 0) is 32.3 Å². The fourth-order valence-corrected chi connectivity index (χ4v) is 3.54. The summed E-state index contributed by atoms with van der Waals surface area (Å²) in [4.78, 5) is 12.1. The first kappa shape index (κ1) is 17.0. The van der Waals surface area contributed by atoms with Crippen LogP contribution in [0.5, 0.6) is 0 Å². The van der Waals surface area contributed by atoms with Crippen molar-refractivity contribution in [3.8, 4) is 0 Å². The Kier molecular flexibility index (Phi) is 5.57. The van der Waals surface area contributed by atoms with Gasteiger partial charge in [0, 0.05) is 44.0 Å². The van der Waals surface area contributed by atoms with Gasteiger partial charge in [0.1, 0.15) is 0 Å². The van der Waals surface area contributed by atoms with Crippen molar-refractivity contribution in [2.45, 2.75) is 32.7 Å². The third-order valence-corrected chi connectivity index (χ3v) is 5.37. The lowest BCUT2D eigenvalue weighted by Crippen LogP contribution is -2.42. The van der Waals surface area contributed by atoms with Crippen LogP contribution in [0.3, 0.4) is 0 Å². The van der Waals surface area contributed by atoms with E-state index in [1.165, 1.54) is 10.6 Å². The van der Waals surface area contributed by atoms with Crippen LogP contribution in [0.15, 0.2) is 12.3 Å². The minimum Gasteiger partial charge on any atom is -0.356 e. The largest absolute Gasteiger partial charge is 0.356 e. The summed E-state index contributed by atoms with van der Waals surface area (Å²) >= 11 is 0. The number of carbonyl (C=O) groups excluding carboxylic acids is 1. The molecule has 1 N–H and O–H groups in total. The number of carbonyl (C=O) groups is 1. The fraction of sp³-hybridized carbons (Fsp3) is 0.714. The third kappa shape index (κ3) is 4.54. The molecule has 7 nitrogen and oxygen atoms in total. The quantitative estimate of drug-likeness (QED) is 0.765. The number of aryl methyl sites for hydroxylation is 2. The number of nitrogens with one attached hydrogen (secondary N) is 1. The number of nitrogens with zero attached hydrogens (tertiary/aromatic N) is 3. The van der Waals surface area contributed by atoms with Crippen LogP contribution in [0.4, 0.5) is 0 Å². The highest BCUT2D eigenvalue weighted by Gasteiger charge is 2.28. The van der Waals surface area contributed by atoms with Crippen molar-refractivity contribution in [2.75, 3.05) is 25.9 Å². The van der Waals surface area contributed by atoms with Gasteiger partial charge in [0.05, 0.1) is 6.26 Å². The summed E-state index contributed by atoms with van der Waals surface area (Å²) in [5.41, 5.74) is 1.11. The number of rotatable bonds is 6. The van der Waals surface area contributed by atoms with Crippen molar-refractivity contribution in [3.05, 3.63) is 18.0 Å². The molecule has 2 rings (SSSR count). The number of sulfonamides is 1. The number of aromatic nitrogens is 2. The van der Waals surface area contributed by atoms with Crippen LogP contribution in [-0.2, 0) is 21.4 Å². The molecule has 0 atom stereocenters. The van der Waals surface area contributed by atoms with Gasteiger partial charge < -0.3 is 5.32 Å². The van der Waals surface area contributed by atoms with E-state index >= 15 is 0 Å². The number of piperidine rings is 1. The Hall–Kier alpha value is -1.41. The topological polar surface area (TPSA) is 84.3 Å². The van der Waals surface area contributed by atoms with E-state index in [1.807, 2.05) is 17.7 Å². The molecule has 0 unspecified atom stereocenters. The predicted molar refractivity (Wildman–Crippen MR) is 83.7 cm³/mol. The van der Waals surface area contributed by atoms with Gasteiger partial charge in [0.25, 0.3) is 0 Å². The van der Waals surface area contributed by atoms with Gasteiger partial charge in [0.15, 0.2) is 0 Å². The van der Waals surface area contributed by atoms with Gasteiger partial charge >= 0.3 is 0 Å². The second-order valence-corrected chi connectivity index (χ2v) is 7.76. The summed E-state index contributed by atoms with van der Waals surface area (Å²) in [7, 11) is -3.13. The molecular weight excluding hydrogens is 304 g/mol. The first-order chi connectivity index (χ1) is 10.4. The highest BCUT2D eigenvalue weighted by atomic mass is 32.2. The Bertz CT molecular complexity index is 603. The maximum absolute atomic E-state index is 12.1. The van der Waals surface area contributed by atoms with Crippen LogP contribution in [0, 0.1) is 12.8 Å². The first-order valence-electron chi connectivity index (χ1n) is 7.59. The minimum absolute atomic E-state index is 0.0327. The Balaban J connectivity index is 1.67. The summed E-state index contributed by atoms with van der Waals surface area (Å²) < 4.78 is 26.2. The van der Waals surface area contributed by atoms with Crippen molar-refractivity contribution < 1.29 is 13.2 Å². The molecule has 1 fully saturated rings. The van der Waals surface area contributed by atoms with E-state index in [0.717, 1.165) is 18.7 Å². The Morgan fingerprint density at radius 2 is 2.09 bits per heavy atom. The normalized spacial score (nSPS) is 17.5. The monoisotopic (exact) mass is 328 g/mol. The molecule has 124 valence electrons. The maximum Gasteiger partial charge on any atom is 0.223 e. The lowest BCUT2D eigenvalue weighted by Gasteiger charge is -2.29. The predicted octanol–water partition coefficient (Wildman–Crippen LogP) is 0.369. The van der Waals surface area contributed by atoms with Gasteiger partial charge in [-0.25, -0.2) is 12.7 Å². The molecule has 22 heavy (non-hydrogen) atoms. The smallest absolute Gasteiger partial charge is 0.223 e. The second-order valence-electron chi connectivity index (χ2n) is 5.78. The summed E-state index contributed by atoms with van der Waals surface area (Å²) in [6, 6.07) is 1.95. The number of amides is 1. The van der Waals surface area contributed by atoms with E-state index in [2.05, 4.69) is 10.4 Å². The minimum atomic E-state index is -3.13. The highest BCUT2D eigenvalue weighted by Crippen LogP contribution is 2.19. The molecule has 2 heterocycles. The molecule has 0 aromatic carbocycles. The van der Waals surface area contributed by atoms with Gasteiger partial charge in [-0.3, -0.25) is 9.48 Å². The van der Waals surface area contributed by atoms with E-state index in [-0.39, 0.29) is 11.8 Å². The van der Waals surface area contributed by atoms with Crippen LogP contribution in [0.25, 0.3) is 0 Å². The van der Waals surface area contributed by atoms with Crippen molar-refractivity contribution in [3.63, 3.8) is 0 Å². The average Bonchev–Trinajstić information content (AvgIpc) is 2.88.